The fraction of sp³-hybridized carbons (Fsp3) is 0.615. The van der Waals surface area contributed by atoms with Crippen LogP contribution in [0.4, 0.5) is 5.13 Å². The van der Waals surface area contributed by atoms with Gasteiger partial charge in [0.15, 0.2) is 5.13 Å². The number of anilines is 1. The van der Waals surface area contributed by atoms with Crippen LogP contribution in [-0.4, -0.2) is 22.8 Å². The van der Waals surface area contributed by atoms with Crippen molar-refractivity contribution in [2.45, 2.75) is 45.6 Å². The van der Waals surface area contributed by atoms with Crippen LogP contribution in [-0.2, 0) is 9.59 Å². The zero-order valence-electron chi connectivity index (χ0n) is 11.4. The lowest BCUT2D eigenvalue weighted by molar-refractivity contribution is -0.126. The van der Waals surface area contributed by atoms with Crippen molar-refractivity contribution < 1.29 is 9.59 Å². The number of carbonyl (C=O) groups excluding carboxylic acids is 2. The molecule has 104 valence electrons. The molecule has 5 nitrogen and oxygen atoms in total. The van der Waals surface area contributed by atoms with E-state index in [1.54, 1.807) is 0 Å². The second-order valence-electron chi connectivity index (χ2n) is 5.26. The lowest BCUT2D eigenvalue weighted by Gasteiger charge is -2.20. The van der Waals surface area contributed by atoms with Crippen LogP contribution in [0.5, 0.6) is 0 Å². The summed E-state index contributed by atoms with van der Waals surface area (Å²) in [7, 11) is 0. The molecule has 0 spiro atoms. The first-order valence-corrected chi connectivity index (χ1v) is 7.38. The number of nitrogens with one attached hydrogen (secondary N) is 2. The summed E-state index contributed by atoms with van der Waals surface area (Å²) in [6, 6.07) is -0.522. The highest BCUT2D eigenvalue weighted by molar-refractivity contribution is 7.13. The van der Waals surface area contributed by atoms with Crippen LogP contribution >= 0.6 is 11.3 Å². The maximum Gasteiger partial charge on any atom is 0.248 e. The highest BCUT2D eigenvalue weighted by Gasteiger charge is 2.27. The van der Waals surface area contributed by atoms with E-state index >= 15 is 0 Å². The van der Waals surface area contributed by atoms with Crippen LogP contribution in [0.3, 0.4) is 0 Å². The van der Waals surface area contributed by atoms with Crippen molar-refractivity contribution in [2.24, 2.45) is 5.92 Å². The Morgan fingerprint density at radius 1 is 1.42 bits per heavy atom. The minimum Gasteiger partial charge on any atom is -0.344 e. The second kappa shape index (κ2) is 5.69. The van der Waals surface area contributed by atoms with E-state index in [4.69, 9.17) is 0 Å². The van der Waals surface area contributed by atoms with Gasteiger partial charge in [0, 0.05) is 18.2 Å². The van der Waals surface area contributed by atoms with Crippen molar-refractivity contribution in [1.29, 1.82) is 0 Å². The summed E-state index contributed by atoms with van der Waals surface area (Å²) in [5.41, 5.74) is 1.07. The van der Waals surface area contributed by atoms with Gasteiger partial charge < -0.3 is 10.6 Å². The van der Waals surface area contributed by atoms with Crippen molar-refractivity contribution in [2.75, 3.05) is 5.32 Å². The first kappa shape index (κ1) is 14.0. The number of rotatable bonds is 5. The number of thiazole rings is 1. The molecule has 0 saturated heterocycles. The molecule has 19 heavy (non-hydrogen) atoms. The molecular formula is C13H19N3O2S. The minimum atomic E-state index is -0.522. The summed E-state index contributed by atoms with van der Waals surface area (Å²) in [5, 5.41) is 8.06. The van der Waals surface area contributed by atoms with Crippen LogP contribution in [0, 0.1) is 5.92 Å². The van der Waals surface area contributed by atoms with Crippen molar-refractivity contribution in [3.05, 3.63) is 11.1 Å². The molecule has 0 unspecified atom stereocenters. The van der Waals surface area contributed by atoms with Gasteiger partial charge in [-0.2, -0.15) is 0 Å². The lowest BCUT2D eigenvalue weighted by Crippen LogP contribution is -2.46. The smallest absolute Gasteiger partial charge is 0.248 e. The van der Waals surface area contributed by atoms with Gasteiger partial charge in [-0.25, -0.2) is 4.98 Å². The van der Waals surface area contributed by atoms with E-state index in [0.717, 1.165) is 5.69 Å². The van der Waals surface area contributed by atoms with Crippen LogP contribution in [0.1, 0.15) is 45.2 Å². The molecule has 1 saturated carbocycles. The molecule has 1 aliphatic carbocycles. The SMILES string of the molecule is CC(=O)N[C@H](C(=O)Nc1nc(C2CC2)cs1)C(C)C. The van der Waals surface area contributed by atoms with Crippen LogP contribution in [0.2, 0.25) is 0 Å². The average molecular weight is 281 g/mol. The van der Waals surface area contributed by atoms with Crippen molar-refractivity contribution >= 4 is 28.3 Å². The van der Waals surface area contributed by atoms with E-state index in [9.17, 15) is 9.59 Å². The molecular weight excluding hydrogens is 262 g/mol. The largest absolute Gasteiger partial charge is 0.344 e. The van der Waals surface area contributed by atoms with E-state index < -0.39 is 6.04 Å². The molecule has 0 radical (unpaired) electrons. The normalized spacial score (nSPS) is 16.2. The summed E-state index contributed by atoms with van der Waals surface area (Å²) in [6.45, 7) is 5.21. The highest BCUT2D eigenvalue weighted by atomic mass is 32.1. The number of aromatic nitrogens is 1. The van der Waals surface area contributed by atoms with E-state index in [1.807, 2.05) is 19.2 Å². The van der Waals surface area contributed by atoms with Gasteiger partial charge in [-0.3, -0.25) is 9.59 Å². The third-order valence-electron chi connectivity index (χ3n) is 3.06. The number of hydrogen-bond donors (Lipinski definition) is 2. The van der Waals surface area contributed by atoms with Gasteiger partial charge in [0.05, 0.1) is 5.69 Å². The van der Waals surface area contributed by atoms with Crippen molar-refractivity contribution in [3.8, 4) is 0 Å². The molecule has 2 N–H and O–H groups in total. The fourth-order valence-corrected chi connectivity index (χ4v) is 2.64. The number of nitrogens with zero attached hydrogens (tertiary/aromatic N) is 1. The summed E-state index contributed by atoms with van der Waals surface area (Å²) < 4.78 is 0. The zero-order chi connectivity index (χ0) is 14.0. The Morgan fingerprint density at radius 2 is 2.11 bits per heavy atom. The van der Waals surface area contributed by atoms with Gasteiger partial charge in [-0.05, 0) is 18.8 Å². The topological polar surface area (TPSA) is 71.1 Å². The number of amides is 2. The lowest BCUT2D eigenvalue weighted by atomic mass is 10.0. The molecule has 0 aromatic carbocycles. The maximum absolute atomic E-state index is 12.1. The Hall–Kier alpha value is -1.43. The molecule has 1 fully saturated rings. The van der Waals surface area contributed by atoms with Gasteiger partial charge in [-0.1, -0.05) is 13.8 Å². The first-order chi connectivity index (χ1) is 8.97. The number of hydrogen-bond acceptors (Lipinski definition) is 4. The second-order valence-corrected chi connectivity index (χ2v) is 6.12. The Balaban J connectivity index is 1.98. The predicted molar refractivity (Wildman–Crippen MR) is 75.2 cm³/mol. The first-order valence-electron chi connectivity index (χ1n) is 6.50. The molecule has 0 bridgehead atoms. The average Bonchev–Trinajstić information content (AvgIpc) is 3.07. The molecule has 1 heterocycles. The molecule has 1 atom stereocenters. The van der Waals surface area contributed by atoms with E-state index in [-0.39, 0.29) is 17.7 Å². The Morgan fingerprint density at radius 3 is 2.63 bits per heavy atom. The third-order valence-corrected chi connectivity index (χ3v) is 3.83. The van der Waals surface area contributed by atoms with Crippen LogP contribution in [0.25, 0.3) is 0 Å². The summed E-state index contributed by atoms with van der Waals surface area (Å²) in [5.74, 6) is 0.207. The quantitative estimate of drug-likeness (QED) is 0.868. The van der Waals surface area contributed by atoms with Crippen molar-refractivity contribution in [3.63, 3.8) is 0 Å². The third kappa shape index (κ3) is 3.76. The monoisotopic (exact) mass is 281 g/mol. The van der Waals surface area contributed by atoms with Crippen LogP contribution in [0.15, 0.2) is 5.38 Å². The van der Waals surface area contributed by atoms with E-state index in [2.05, 4.69) is 15.6 Å². The molecule has 1 aliphatic rings. The molecule has 0 aliphatic heterocycles. The highest BCUT2D eigenvalue weighted by Crippen LogP contribution is 2.40. The summed E-state index contributed by atoms with van der Waals surface area (Å²) in [6.07, 6.45) is 2.38. The fourth-order valence-electron chi connectivity index (χ4n) is 1.85. The van der Waals surface area contributed by atoms with Gasteiger partial charge in [0.2, 0.25) is 11.8 Å². The summed E-state index contributed by atoms with van der Waals surface area (Å²) in [4.78, 5) is 27.6. The van der Waals surface area contributed by atoms with Gasteiger partial charge in [0.25, 0.3) is 0 Å². The van der Waals surface area contributed by atoms with E-state index in [1.165, 1.54) is 31.1 Å². The van der Waals surface area contributed by atoms with Gasteiger partial charge in [-0.15, -0.1) is 11.3 Å². The van der Waals surface area contributed by atoms with Crippen LogP contribution < -0.4 is 10.6 Å². The molecule has 2 amide bonds. The maximum atomic E-state index is 12.1. The molecule has 1 aromatic heterocycles. The molecule has 6 heteroatoms. The predicted octanol–water partition coefficient (Wildman–Crippen LogP) is 2.12. The standard InChI is InChI=1S/C13H19N3O2S/c1-7(2)11(14-8(3)17)12(18)16-13-15-10(6-19-13)9-4-5-9/h6-7,9,11H,4-5H2,1-3H3,(H,14,17)(H,15,16,18)/t11-/m0/s1. The molecule has 2 rings (SSSR count). The van der Waals surface area contributed by atoms with Gasteiger partial charge in [0.1, 0.15) is 6.04 Å². The Labute approximate surface area is 116 Å². The Bertz CT molecular complexity index is 480. The van der Waals surface area contributed by atoms with Crippen molar-refractivity contribution in [1.82, 2.24) is 10.3 Å². The zero-order valence-corrected chi connectivity index (χ0v) is 12.2. The minimum absolute atomic E-state index is 0.0340. The van der Waals surface area contributed by atoms with Gasteiger partial charge >= 0.3 is 0 Å². The van der Waals surface area contributed by atoms with E-state index in [0.29, 0.717) is 11.0 Å². The Kier molecular flexibility index (Phi) is 4.19. The molecule has 1 aromatic rings. The summed E-state index contributed by atoms with van der Waals surface area (Å²) >= 11 is 1.44. The number of carbonyl (C=O) groups is 2.